The Morgan fingerprint density at radius 3 is 2.80 bits per heavy atom. The molecule has 0 aromatic heterocycles. The summed E-state index contributed by atoms with van der Waals surface area (Å²) in [5, 5.41) is 8.55. The van der Waals surface area contributed by atoms with Crippen LogP contribution in [-0.2, 0) is 9.53 Å². The van der Waals surface area contributed by atoms with Crippen LogP contribution in [0.4, 0.5) is 0 Å². The van der Waals surface area contributed by atoms with Gasteiger partial charge in [0.25, 0.3) is 0 Å². The van der Waals surface area contributed by atoms with E-state index in [0.717, 1.165) is 0 Å². The second kappa shape index (κ2) is 4.99. The van der Waals surface area contributed by atoms with E-state index in [4.69, 9.17) is 5.11 Å². The fourth-order valence-corrected chi connectivity index (χ4v) is 0.495. The van der Waals surface area contributed by atoms with Gasteiger partial charge in [0.05, 0.1) is 19.1 Å². The van der Waals surface area contributed by atoms with Gasteiger partial charge in [0.2, 0.25) is 0 Å². The lowest BCUT2D eigenvalue weighted by Crippen LogP contribution is -2.18. The molecule has 1 N–H and O–H groups in total. The maximum Gasteiger partial charge on any atom is 0.315 e. The van der Waals surface area contributed by atoms with Crippen molar-refractivity contribution in [2.75, 3.05) is 13.2 Å². The molecule has 0 aliphatic heterocycles. The molecule has 3 nitrogen and oxygen atoms in total. The molecule has 0 aliphatic carbocycles. The van der Waals surface area contributed by atoms with Crippen LogP contribution < -0.4 is 0 Å². The molecule has 0 aromatic rings. The van der Waals surface area contributed by atoms with Gasteiger partial charge in [-0.25, -0.2) is 0 Å². The number of carbonyl (C=O) groups is 1. The highest BCUT2D eigenvalue weighted by atomic mass is 16.5. The first-order valence-electron chi connectivity index (χ1n) is 3.16. The van der Waals surface area contributed by atoms with Crippen LogP contribution >= 0.6 is 0 Å². The summed E-state index contributed by atoms with van der Waals surface area (Å²) >= 11 is 0. The third-order valence-electron chi connectivity index (χ3n) is 1.07. The Hall–Kier alpha value is -0.830. The smallest absolute Gasteiger partial charge is 0.315 e. The second-order valence-electron chi connectivity index (χ2n) is 1.78. The molecule has 0 aromatic carbocycles. The first-order valence-corrected chi connectivity index (χ1v) is 3.16. The summed E-state index contributed by atoms with van der Waals surface area (Å²) in [6, 6.07) is 0. The summed E-state index contributed by atoms with van der Waals surface area (Å²) in [6.07, 6.45) is 1.37. The van der Waals surface area contributed by atoms with Crippen molar-refractivity contribution in [2.45, 2.75) is 6.92 Å². The van der Waals surface area contributed by atoms with Gasteiger partial charge in [-0.1, -0.05) is 6.08 Å². The maximum atomic E-state index is 10.8. The monoisotopic (exact) mass is 144 g/mol. The Labute approximate surface area is 60.3 Å². The molecular formula is C7H12O3. The zero-order valence-electron chi connectivity index (χ0n) is 6.04. The van der Waals surface area contributed by atoms with Crippen LogP contribution in [0.1, 0.15) is 6.92 Å². The van der Waals surface area contributed by atoms with Crippen LogP contribution in [0.5, 0.6) is 0 Å². The standard InChI is InChI=1S/C7H12O3/c1-3-6(5-8)7(9)10-4-2/h3,6,8H,1,4-5H2,2H3. The van der Waals surface area contributed by atoms with E-state index < -0.39 is 11.9 Å². The Bertz CT molecular complexity index is 120. The van der Waals surface area contributed by atoms with Crippen molar-refractivity contribution in [3.8, 4) is 0 Å². The van der Waals surface area contributed by atoms with Gasteiger partial charge < -0.3 is 9.84 Å². The zero-order chi connectivity index (χ0) is 7.98. The molecular weight excluding hydrogens is 132 g/mol. The number of hydrogen-bond donors (Lipinski definition) is 1. The highest BCUT2D eigenvalue weighted by molar-refractivity contribution is 5.74. The summed E-state index contributed by atoms with van der Waals surface area (Å²) in [5.74, 6) is -0.986. The molecule has 58 valence electrons. The van der Waals surface area contributed by atoms with E-state index in [0.29, 0.717) is 6.61 Å². The van der Waals surface area contributed by atoms with Crippen molar-refractivity contribution in [1.29, 1.82) is 0 Å². The lowest BCUT2D eigenvalue weighted by Gasteiger charge is -2.06. The number of ether oxygens (including phenoxy) is 1. The van der Waals surface area contributed by atoms with E-state index in [1.165, 1.54) is 6.08 Å². The molecule has 0 saturated carbocycles. The van der Waals surface area contributed by atoms with Crippen LogP contribution in [0.3, 0.4) is 0 Å². The molecule has 0 aliphatic rings. The Balaban J connectivity index is 3.76. The predicted octanol–water partition coefficient (Wildman–Crippen LogP) is 0.344. The summed E-state index contributed by atoms with van der Waals surface area (Å²) in [4.78, 5) is 10.8. The van der Waals surface area contributed by atoms with Gasteiger partial charge in [-0.15, -0.1) is 6.58 Å². The number of aliphatic hydroxyl groups is 1. The number of aliphatic hydroxyl groups excluding tert-OH is 1. The van der Waals surface area contributed by atoms with Crippen molar-refractivity contribution in [3.05, 3.63) is 12.7 Å². The molecule has 1 unspecified atom stereocenters. The van der Waals surface area contributed by atoms with Crippen LogP contribution in [0.15, 0.2) is 12.7 Å². The van der Waals surface area contributed by atoms with Gasteiger partial charge >= 0.3 is 5.97 Å². The van der Waals surface area contributed by atoms with Gasteiger partial charge in [0.15, 0.2) is 0 Å². The summed E-state index contributed by atoms with van der Waals surface area (Å²) in [6.45, 7) is 5.19. The minimum Gasteiger partial charge on any atom is -0.465 e. The lowest BCUT2D eigenvalue weighted by molar-refractivity contribution is -0.147. The second-order valence-corrected chi connectivity index (χ2v) is 1.78. The number of carbonyl (C=O) groups excluding carboxylic acids is 1. The molecule has 0 saturated heterocycles. The third-order valence-corrected chi connectivity index (χ3v) is 1.07. The minimum atomic E-state index is -0.569. The fraction of sp³-hybridized carbons (Fsp3) is 0.571. The number of esters is 1. The fourth-order valence-electron chi connectivity index (χ4n) is 0.495. The maximum absolute atomic E-state index is 10.8. The predicted molar refractivity (Wildman–Crippen MR) is 37.4 cm³/mol. The van der Waals surface area contributed by atoms with Crippen LogP contribution in [-0.4, -0.2) is 24.3 Å². The molecule has 0 bridgehead atoms. The zero-order valence-corrected chi connectivity index (χ0v) is 6.04. The average Bonchev–Trinajstić information content (AvgIpc) is 1.91. The van der Waals surface area contributed by atoms with Gasteiger partial charge in [-0.05, 0) is 6.92 Å². The molecule has 10 heavy (non-hydrogen) atoms. The normalized spacial score (nSPS) is 12.2. The highest BCUT2D eigenvalue weighted by Gasteiger charge is 2.13. The van der Waals surface area contributed by atoms with Gasteiger partial charge in [-0.3, -0.25) is 4.79 Å². The first-order chi connectivity index (χ1) is 4.76. The summed E-state index contributed by atoms with van der Waals surface area (Å²) in [5.41, 5.74) is 0. The molecule has 0 heterocycles. The molecule has 1 atom stereocenters. The molecule has 0 spiro atoms. The van der Waals surface area contributed by atoms with E-state index in [1.807, 2.05) is 0 Å². The van der Waals surface area contributed by atoms with E-state index >= 15 is 0 Å². The van der Waals surface area contributed by atoms with Crippen molar-refractivity contribution in [2.24, 2.45) is 5.92 Å². The number of hydrogen-bond acceptors (Lipinski definition) is 3. The SMILES string of the molecule is C=CC(CO)C(=O)OCC. The molecule has 0 rings (SSSR count). The largest absolute Gasteiger partial charge is 0.465 e. The molecule has 0 radical (unpaired) electrons. The summed E-state index contributed by atoms with van der Waals surface area (Å²) < 4.78 is 4.62. The molecule has 0 fully saturated rings. The van der Waals surface area contributed by atoms with Crippen molar-refractivity contribution < 1.29 is 14.6 Å². The average molecular weight is 144 g/mol. The van der Waals surface area contributed by atoms with Crippen LogP contribution in [0.2, 0.25) is 0 Å². The van der Waals surface area contributed by atoms with Crippen LogP contribution in [0, 0.1) is 5.92 Å². The highest BCUT2D eigenvalue weighted by Crippen LogP contribution is 1.98. The van der Waals surface area contributed by atoms with Crippen molar-refractivity contribution in [3.63, 3.8) is 0 Å². The van der Waals surface area contributed by atoms with E-state index in [9.17, 15) is 4.79 Å². The quantitative estimate of drug-likeness (QED) is 0.457. The van der Waals surface area contributed by atoms with Gasteiger partial charge in [-0.2, -0.15) is 0 Å². The van der Waals surface area contributed by atoms with Gasteiger partial charge in [0.1, 0.15) is 0 Å². The topological polar surface area (TPSA) is 46.5 Å². The van der Waals surface area contributed by atoms with Gasteiger partial charge in [0, 0.05) is 0 Å². The summed E-state index contributed by atoms with van der Waals surface area (Å²) in [7, 11) is 0. The van der Waals surface area contributed by atoms with Crippen molar-refractivity contribution >= 4 is 5.97 Å². The molecule has 3 heteroatoms. The Kier molecular flexibility index (Phi) is 4.58. The minimum absolute atomic E-state index is 0.234. The van der Waals surface area contributed by atoms with E-state index in [1.54, 1.807) is 6.92 Å². The van der Waals surface area contributed by atoms with Crippen molar-refractivity contribution in [1.82, 2.24) is 0 Å². The Morgan fingerprint density at radius 1 is 1.90 bits per heavy atom. The van der Waals surface area contributed by atoms with E-state index in [-0.39, 0.29) is 6.61 Å². The lowest BCUT2D eigenvalue weighted by atomic mass is 10.2. The first kappa shape index (κ1) is 9.17. The third kappa shape index (κ3) is 2.64. The Morgan fingerprint density at radius 2 is 2.50 bits per heavy atom. The van der Waals surface area contributed by atoms with E-state index in [2.05, 4.69) is 11.3 Å². The number of rotatable bonds is 4. The molecule has 0 amide bonds. The van der Waals surface area contributed by atoms with Crippen LogP contribution in [0.25, 0.3) is 0 Å².